The van der Waals surface area contributed by atoms with Crippen LogP contribution in [0.5, 0.6) is 5.75 Å². The van der Waals surface area contributed by atoms with Crippen molar-refractivity contribution >= 4 is 5.91 Å². The molecule has 1 aromatic carbocycles. The smallest absolute Gasteiger partial charge is 0.416 e. The summed E-state index contributed by atoms with van der Waals surface area (Å²) in [6, 6.07) is 4.58. The van der Waals surface area contributed by atoms with E-state index in [-0.39, 0.29) is 24.5 Å². The van der Waals surface area contributed by atoms with Crippen LogP contribution in [0.15, 0.2) is 30.9 Å². The second-order valence-corrected chi connectivity index (χ2v) is 4.55. The minimum Gasteiger partial charge on any atom is -0.489 e. The molecule has 0 radical (unpaired) electrons. The molecule has 22 heavy (non-hydrogen) atoms. The molecule has 1 unspecified atom stereocenters. The van der Waals surface area contributed by atoms with E-state index in [0.717, 1.165) is 18.2 Å². The molecule has 1 N–H and O–H groups in total. The fraction of sp³-hybridized carbons (Fsp3) is 0.333. The van der Waals surface area contributed by atoms with E-state index in [2.05, 4.69) is 11.9 Å². The predicted molar refractivity (Wildman–Crippen MR) is 74.2 cm³/mol. The van der Waals surface area contributed by atoms with Crippen molar-refractivity contribution in [2.45, 2.75) is 13.1 Å². The normalized spacial score (nSPS) is 12.1. The summed E-state index contributed by atoms with van der Waals surface area (Å²) in [4.78, 5) is 12.0. The zero-order chi connectivity index (χ0) is 16.8. The molecule has 4 nitrogen and oxygen atoms in total. The summed E-state index contributed by atoms with van der Waals surface area (Å²) in [5.74, 6) is -1.16. The van der Waals surface area contributed by atoms with E-state index >= 15 is 0 Å². The number of halogens is 3. The van der Waals surface area contributed by atoms with Gasteiger partial charge in [0, 0.05) is 6.54 Å². The molecule has 0 aromatic heterocycles. The molecule has 1 amide bonds. The van der Waals surface area contributed by atoms with Gasteiger partial charge in [-0.1, -0.05) is 12.7 Å². The number of ether oxygens (including phenoxy) is 1. The van der Waals surface area contributed by atoms with Gasteiger partial charge in [-0.05, 0) is 25.1 Å². The minimum atomic E-state index is -4.56. The van der Waals surface area contributed by atoms with E-state index in [1.807, 2.05) is 6.07 Å². The number of amides is 1. The molecule has 0 bridgehead atoms. The van der Waals surface area contributed by atoms with E-state index in [0.29, 0.717) is 0 Å². The first-order chi connectivity index (χ1) is 10.3. The number of nitriles is 1. The lowest BCUT2D eigenvalue weighted by atomic mass is 10.1. The van der Waals surface area contributed by atoms with Gasteiger partial charge >= 0.3 is 6.18 Å². The van der Waals surface area contributed by atoms with Gasteiger partial charge in [-0.2, -0.15) is 18.4 Å². The molecule has 0 saturated heterocycles. The molecule has 1 atom stereocenters. The molecular formula is C15H15F3N2O2. The van der Waals surface area contributed by atoms with Crippen molar-refractivity contribution in [1.82, 2.24) is 5.32 Å². The molecule has 0 aliphatic rings. The highest BCUT2D eigenvalue weighted by molar-refractivity contribution is 5.97. The second-order valence-electron chi connectivity index (χ2n) is 4.55. The quantitative estimate of drug-likeness (QED) is 0.821. The standard InChI is InChI=1S/C15H15F3N2O2/c1-3-6-22-13-5-4-11(15(16,17)18)7-12(13)14(21)20-9-10(2)8-19/h3-5,7,10H,1,6,9H2,2H3,(H,20,21). The lowest BCUT2D eigenvalue weighted by Crippen LogP contribution is -2.28. The van der Waals surface area contributed by atoms with E-state index in [9.17, 15) is 18.0 Å². The van der Waals surface area contributed by atoms with Gasteiger partial charge < -0.3 is 10.1 Å². The van der Waals surface area contributed by atoms with Crippen LogP contribution in [-0.2, 0) is 6.18 Å². The third-order valence-corrected chi connectivity index (χ3v) is 2.70. The highest BCUT2D eigenvalue weighted by Crippen LogP contribution is 2.32. The largest absolute Gasteiger partial charge is 0.489 e. The fourth-order valence-corrected chi connectivity index (χ4v) is 1.54. The Morgan fingerprint density at radius 2 is 2.23 bits per heavy atom. The summed E-state index contributed by atoms with van der Waals surface area (Å²) in [6.07, 6.45) is -3.15. The van der Waals surface area contributed by atoms with Crippen LogP contribution in [0.25, 0.3) is 0 Å². The van der Waals surface area contributed by atoms with Crippen LogP contribution in [0, 0.1) is 17.2 Å². The minimum absolute atomic E-state index is 0.0232. The lowest BCUT2D eigenvalue weighted by molar-refractivity contribution is -0.137. The number of rotatable bonds is 6. The molecule has 0 aliphatic heterocycles. The molecule has 118 valence electrons. The summed E-state index contributed by atoms with van der Waals surface area (Å²) < 4.78 is 43.5. The van der Waals surface area contributed by atoms with E-state index in [1.54, 1.807) is 6.92 Å². The SMILES string of the molecule is C=CCOc1ccc(C(F)(F)F)cc1C(=O)NCC(C)C#N. The van der Waals surface area contributed by atoms with Crippen molar-refractivity contribution in [3.8, 4) is 11.8 Å². The van der Waals surface area contributed by atoms with Crippen molar-refractivity contribution in [1.29, 1.82) is 5.26 Å². The Kier molecular flexibility index (Phi) is 5.99. The van der Waals surface area contributed by atoms with Crippen LogP contribution in [0.2, 0.25) is 0 Å². The van der Waals surface area contributed by atoms with Gasteiger partial charge in [-0.3, -0.25) is 4.79 Å². The molecule has 0 fully saturated rings. The average Bonchev–Trinajstić information content (AvgIpc) is 2.48. The van der Waals surface area contributed by atoms with Crippen LogP contribution in [0.4, 0.5) is 13.2 Å². The Morgan fingerprint density at radius 3 is 2.77 bits per heavy atom. The van der Waals surface area contributed by atoms with Crippen molar-refractivity contribution < 1.29 is 22.7 Å². The van der Waals surface area contributed by atoms with E-state index in [1.165, 1.54) is 6.08 Å². The van der Waals surface area contributed by atoms with E-state index < -0.39 is 23.6 Å². The number of carbonyl (C=O) groups is 1. The Bertz CT molecular complexity index is 591. The van der Waals surface area contributed by atoms with Gasteiger partial charge in [-0.15, -0.1) is 0 Å². The van der Waals surface area contributed by atoms with Crippen LogP contribution in [-0.4, -0.2) is 19.1 Å². The van der Waals surface area contributed by atoms with Gasteiger partial charge in [-0.25, -0.2) is 0 Å². The van der Waals surface area contributed by atoms with Crippen molar-refractivity contribution in [3.63, 3.8) is 0 Å². The van der Waals surface area contributed by atoms with Gasteiger partial charge in [0.2, 0.25) is 0 Å². The summed E-state index contributed by atoms with van der Waals surface area (Å²) >= 11 is 0. The summed E-state index contributed by atoms with van der Waals surface area (Å²) in [5, 5.41) is 11.1. The maximum Gasteiger partial charge on any atom is 0.416 e. The van der Waals surface area contributed by atoms with E-state index in [4.69, 9.17) is 10.00 Å². The zero-order valence-electron chi connectivity index (χ0n) is 11.9. The number of nitrogens with one attached hydrogen (secondary N) is 1. The summed E-state index contributed by atoms with van der Waals surface area (Å²) in [7, 11) is 0. The Balaban J connectivity index is 3.07. The van der Waals surface area contributed by atoms with Crippen molar-refractivity contribution in [2.75, 3.05) is 13.2 Å². The number of hydrogen-bond acceptors (Lipinski definition) is 3. The number of hydrogen-bond donors (Lipinski definition) is 1. The van der Waals surface area contributed by atoms with Crippen LogP contribution in [0.1, 0.15) is 22.8 Å². The first-order valence-electron chi connectivity index (χ1n) is 6.42. The predicted octanol–water partition coefficient (Wildman–Crippen LogP) is 3.16. The van der Waals surface area contributed by atoms with Crippen LogP contribution < -0.4 is 10.1 Å². The molecule has 1 rings (SSSR count). The van der Waals surface area contributed by atoms with Gasteiger partial charge in [0.05, 0.1) is 23.1 Å². The Hall–Kier alpha value is -2.49. The Labute approximate surface area is 126 Å². The monoisotopic (exact) mass is 312 g/mol. The Morgan fingerprint density at radius 1 is 1.55 bits per heavy atom. The lowest BCUT2D eigenvalue weighted by Gasteiger charge is -2.14. The van der Waals surface area contributed by atoms with Gasteiger partial charge in [0.15, 0.2) is 0 Å². The highest BCUT2D eigenvalue weighted by Gasteiger charge is 2.32. The zero-order valence-corrected chi connectivity index (χ0v) is 11.9. The molecule has 0 spiro atoms. The first-order valence-corrected chi connectivity index (χ1v) is 6.42. The van der Waals surface area contributed by atoms with Gasteiger partial charge in [0.1, 0.15) is 12.4 Å². The fourth-order valence-electron chi connectivity index (χ4n) is 1.54. The number of alkyl halides is 3. The second kappa shape index (κ2) is 7.50. The molecular weight excluding hydrogens is 297 g/mol. The highest BCUT2D eigenvalue weighted by atomic mass is 19.4. The summed E-state index contributed by atoms with van der Waals surface area (Å²) in [5.41, 5.74) is -1.18. The number of nitrogens with zero attached hydrogens (tertiary/aromatic N) is 1. The van der Waals surface area contributed by atoms with Crippen LogP contribution in [0.3, 0.4) is 0 Å². The van der Waals surface area contributed by atoms with Crippen LogP contribution >= 0.6 is 0 Å². The first kappa shape index (κ1) is 17.6. The number of carbonyl (C=O) groups excluding carboxylic acids is 1. The third-order valence-electron chi connectivity index (χ3n) is 2.70. The third kappa shape index (κ3) is 4.81. The molecule has 0 aliphatic carbocycles. The molecule has 7 heteroatoms. The molecule has 0 heterocycles. The maximum absolute atomic E-state index is 12.8. The van der Waals surface area contributed by atoms with Gasteiger partial charge in [0.25, 0.3) is 5.91 Å². The topological polar surface area (TPSA) is 62.1 Å². The molecule has 0 saturated carbocycles. The van der Waals surface area contributed by atoms with Crippen molar-refractivity contribution in [3.05, 3.63) is 42.0 Å². The summed E-state index contributed by atoms with van der Waals surface area (Å²) in [6.45, 7) is 5.11. The maximum atomic E-state index is 12.8. The average molecular weight is 312 g/mol. The van der Waals surface area contributed by atoms with Crippen molar-refractivity contribution in [2.24, 2.45) is 5.92 Å². The number of benzene rings is 1. The molecule has 1 aromatic rings.